The van der Waals surface area contributed by atoms with Gasteiger partial charge in [0.15, 0.2) is 0 Å². The first-order valence-electron chi connectivity index (χ1n) is 5.97. The number of aromatic hydroxyl groups is 1. The molecule has 1 aliphatic rings. The minimum atomic E-state index is -0.243. The molecule has 0 spiro atoms. The first-order chi connectivity index (χ1) is 8.60. The number of carbonyl (C=O) groups excluding carboxylic acids is 1. The number of nitrogens with zero attached hydrogens (tertiary/aromatic N) is 1. The first-order valence-corrected chi connectivity index (χ1v) is 5.97. The number of phenolic OH excluding ortho intramolecular Hbond substituents is 1. The molecule has 1 aliphatic heterocycles. The van der Waals surface area contributed by atoms with E-state index in [-0.39, 0.29) is 17.6 Å². The fourth-order valence-electron chi connectivity index (χ4n) is 2.26. The van der Waals surface area contributed by atoms with Crippen molar-refractivity contribution in [1.29, 1.82) is 0 Å². The molecule has 0 aromatic heterocycles. The maximum Gasteiger partial charge on any atom is 0.221 e. The second kappa shape index (κ2) is 5.27. The number of nitrogens with two attached hydrogens (primary N) is 1. The van der Waals surface area contributed by atoms with E-state index in [1.165, 1.54) is 0 Å². The van der Waals surface area contributed by atoms with Crippen LogP contribution in [0.25, 0.3) is 0 Å². The lowest BCUT2D eigenvalue weighted by Crippen LogP contribution is -2.27. The molecule has 98 valence electrons. The van der Waals surface area contributed by atoms with Crippen LogP contribution >= 0.6 is 0 Å². The third-order valence-corrected chi connectivity index (χ3v) is 3.36. The van der Waals surface area contributed by atoms with Gasteiger partial charge in [-0.2, -0.15) is 0 Å². The van der Waals surface area contributed by atoms with Crippen LogP contribution in [0.15, 0.2) is 18.2 Å². The molecule has 5 heteroatoms. The lowest BCUT2D eigenvalue weighted by molar-refractivity contribution is -0.121. The van der Waals surface area contributed by atoms with Crippen LogP contribution in [0, 0.1) is 5.92 Å². The monoisotopic (exact) mass is 250 g/mol. The Kier molecular flexibility index (Phi) is 3.72. The second-order valence-electron chi connectivity index (χ2n) is 4.62. The molecule has 1 unspecified atom stereocenters. The van der Waals surface area contributed by atoms with Crippen molar-refractivity contribution >= 4 is 5.91 Å². The fraction of sp³-hybridized carbons (Fsp3) is 0.462. The number of rotatable bonds is 4. The molecular formula is C13H18N2O3. The van der Waals surface area contributed by atoms with Crippen LogP contribution < -0.4 is 10.5 Å². The maximum atomic E-state index is 11.1. The zero-order valence-corrected chi connectivity index (χ0v) is 10.4. The molecule has 1 amide bonds. The summed E-state index contributed by atoms with van der Waals surface area (Å²) in [6, 6.07) is 5.15. The molecular weight excluding hydrogens is 232 g/mol. The molecule has 1 atom stereocenters. The highest BCUT2D eigenvalue weighted by molar-refractivity contribution is 5.77. The molecule has 2 rings (SSSR count). The molecule has 1 heterocycles. The van der Waals surface area contributed by atoms with Crippen molar-refractivity contribution in [2.24, 2.45) is 11.7 Å². The van der Waals surface area contributed by atoms with Crippen LogP contribution in [0.3, 0.4) is 0 Å². The van der Waals surface area contributed by atoms with E-state index in [9.17, 15) is 9.90 Å². The van der Waals surface area contributed by atoms with Crippen LogP contribution in [0.1, 0.15) is 12.0 Å². The van der Waals surface area contributed by atoms with E-state index in [1.807, 2.05) is 6.07 Å². The maximum absolute atomic E-state index is 11.1. The van der Waals surface area contributed by atoms with Gasteiger partial charge in [-0.3, -0.25) is 9.69 Å². The molecule has 0 saturated carbocycles. The predicted octanol–water partition coefficient (Wildman–Crippen LogP) is 0.708. The van der Waals surface area contributed by atoms with Crippen LogP contribution in [-0.4, -0.2) is 36.1 Å². The number of methoxy groups -OCH3 is 1. The van der Waals surface area contributed by atoms with Gasteiger partial charge >= 0.3 is 0 Å². The Morgan fingerprint density at radius 2 is 2.39 bits per heavy atom. The molecule has 1 saturated heterocycles. The van der Waals surface area contributed by atoms with Gasteiger partial charge in [-0.25, -0.2) is 0 Å². The molecule has 0 bridgehead atoms. The van der Waals surface area contributed by atoms with Crippen LogP contribution in [0.2, 0.25) is 0 Å². The summed E-state index contributed by atoms with van der Waals surface area (Å²) in [6.45, 7) is 2.09. The smallest absolute Gasteiger partial charge is 0.221 e. The summed E-state index contributed by atoms with van der Waals surface area (Å²) in [7, 11) is 1.59. The molecule has 5 nitrogen and oxygen atoms in total. The molecule has 1 aromatic carbocycles. The summed E-state index contributed by atoms with van der Waals surface area (Å²) >= 11 is 0. The number of phenols is 1. The van der Waals surface area contributed by atoms with E-state index in [0.717, 1.165) is 18.5 Å². The normalized spacial score (nSPS) is 19.9. The summed E-state index contributed by atoms with van der Waals surface area (Å²) in [5.41, 5.74) is 6.10. The van der Waals surface area contributed by atoms with Crippen molar-refractivity contribution in [2.45, 2.75) is 13.0 Å². The number of likely N-dealkylation sites (tertiary alicyclic amines) is 1. The Bertz CT molecular complexity index is 448. The van der Waals surface area contributed by atoms with E-state index in [4.69, 9.17) is 10.5 Å². The number of amides is 1. The SMILES string of the molecule is COc1ccc(O)c(CN2CCC(C(N)=O)C2)c1. The zero-order valence-electron chi connectivity index (χ0n) is 10.4. The quantitative estimate of drug-likeness (QED) is 0.825. The van der Waals surface area contributed by atoms with Crippen molar-refractivity contribution in [2.75, 3.05) is 20.2 Å². The van der Waals surface area contributed by atoms with Gasteiger partial charge in [-0.05, 0) is 31.2 Å². The molecule has 3 N–H and O–H groups in total. The average molecular weight is 250 g/mol. The summed E-state index contributed by atoms with van der Waals surface area (Å²) in [5.74, 6) is 0.650. The summed E-state index contributed by atoms with van der Waals surface area (Å²) < 4.78 is 5.13. The molecule has 18 heavy (non-hydrogen) atoms. The Hall–Kier alpha value is -1.75. The largest absolute Gasteiger partial charge is 0.508 e. The lowest BCUT2D eigenvalue weighted by Gasteiger charge is -2.16. The Morgan fingerprint density at radius 1 is 1.61 bits per heavy atom. The average Bonchev–Trinajstić information content (AvgIpc) is 2.81. The van der Waals surface area contributed by atoms with Gasteiger partial charge in [-0.15, -0.1) is 0 Å². The van der Waals surface area contributed by atoms with E-state index in [2.05, 4.69) is 4.90 Å². The standard InChI is InChI=1S/C13H18N2O3/c1-18-11-2-3-12(16)10(6-11)8-15-5-4-9(7-15)13(14)17/h2-3,6,9,16H,4-5,7-8H2,1H3,(H2,14,17). The second-order valence-corrected chi connectivity index (χ2v) is 4.62. The number of primary amides is 1. The van der Waals surface area contributed by atoms with Gasteiger partial charge in [0, 0.05) is 18.7 Å². The first kappa shape index (κ1) is 12.7. The zero-order chi connectivity index (χ0) is 13.1. The molecule has 0 aliphatic carbocycles. The van der Waals surface area contributed by atoms with Gasteiger partial charge in [-0.1, -0.05) is 0 Å². The fourth-order valence-corrected chi connectivity index (χ4v) is 2.26. The number of hydrogen-bond donors (Lipinski definition) is 2. The predicted molar refractivity (Wildman–Crippen MR) is 67.2 cm³/mol. The minimum Gasteiger partial charge on any atom is -0.508 e. The summed E-state index contributed by atoms with van der Waals surface area (Å²) in [6.07, 6.45) is 0.792. The van der Waals surface area contributed by atoms with Crippen molar-refractivity contribution in [3.05, 3.63) is 23.8 Å². The summed E-state index contributed by atoms with van der Waals surface area (Å²) in [4.78, 5) is 13.2. The van der Waals surface area contributed by atoms with Crippen molar-refractivity contribution in [3.8, 4) is 11.5 Å². The summed E-state index contributed by atoms with van der Waals surface area (Å²) in [5, 5.41) is 9.79. The minimum absolute atomic E-state index is 0.0715. The van der Waals surface area contributed by atoms with E-state index < -0.39 is 0 Å². The van der Waals surface area contributed by atoms with Gasteiger partial charge in [0.25, 0.3) is 0 Å². The van der Waals surface area contributed by atoms with Gasteiger partial charge < -0.3 is 15.6 Å². The number of carbonyl (C=O) groups is 1. The lowest BCUT2D eigenvalue weighted by atomic mass is 10.1. The molecule has 1 aromatic rings. The Labute approximate surface area is 106 Å². The number of ether oxygens (including phenoxy) is 1. The third-order valence-electron chi connectivity index (χ3n) is 3.36. The van der Waals surface area contributed by atoms with Crippen LogP contribution in [0.5, 0.6) is 11.5 Å². The highest BCUT2D eigenvalue weighted by Gasteiger charge is 2.26. The highest BCUT2D eigenvalue weighted by Crippen LogP contribution is 2.26. The van der Waals surface area contributed by atoms with E-state index in [0.29, 0.717) is 18.8 Å². The Balaban J connectivity index is 2.04. The van der Waals surface area contributed by atoms with Crippen LogP contribution in [0.4, 0.5) is 0 Å². The molecule has 1 fully saturated rings. The van der Waals surface area contributed by atoms with Gasteiger partial charge in [0.2, 0.25) is 5.91 Å². The van der Waals surface area contributed by atoms with Crippen molar-refractivity contribution in [3.63, 3.8) is 0 Å². The van der Waals surface area contributed by atoms with Crippen LogP contribution in [-0.2, 0) is 11.3 Å². The number of hydrogen-bond acceptors (Lipinski definition) is 4. The third kappa shape index (κ3) is 2.73. The highest BCUT2D eigenvalue weighted by atomic mass is 16.5. The Morgan fingerprint density at radius 3 is 3.00 bits per heavy atom. The number of benzene rings is 1. The van der Waals surface area contributed by atoms with Gasteiger partial charge in [0.05, 0.1) is 13.0 Å². The van der Waals surface area contributed by atoms with E-state index in [1.54, 1.807) is 19.2 Å². The van der Waals surface area contributed by atoms with E-state index >= 15 is 0 Å². The topological polar surface area (TPSA) is 75.8 Å². The van der Waals surface area contributed by atoms with Crippen molar-refractivity contribution in [1.82, 2.24) is 4.90 Å². The van der Waals surface area contributed by atoms with Gasteiger partial charge in [0.1, 0.15) is 11.5 Å². The molecule has 0 radical (unpaired) electrons. The van der Waals surface area contributed by atoms with Crippen molar-refractivity contribution < 1.29 is 14.6 Å².